The molecule has 1 aliphatic carbocycles. The third-order valence-corrected chi connectivity index (χ3v) is 3.83. The number of hydrogen-bond acceptors (Lipinski definition) is 3. The van der Waals surface area contributed by atoms with Crippen LogP contribution in [0.4, 0.5) is 0 Å². The molecule has 13 heavy (non-hydrogen) atoms. The Morgan fingerprint density at radius 2 is 2.38 bits per heavy atom. The van der Waals surface area contributed by atoms with E-state index in [1.807, 2.05) is 5.38 Å². The zero-order chi connectivity index (χ0) is 9.47. The summed E-state index contributed by atoms with van der Waals surface area (Å²) >= 11 is 1.69. The first-order valence-electron chi connectivity index (χ1n) is 4.61. The van der Waals surface area contributed by atoms with E-state index in [-0.39, 0.29) is 11.5 Å². The van der Waals surface area contributed by atoms with Gasteiger partial charge in [0.2, 0.25) is 0 Å². The summed E-state index contributed by atoms with van der Waals surface area (Å²) in [5.41, 5.74) is 6.71. The molecule has 1 aromatic heterocycles. The van der Waals surface area contributed by atoms with Gasteiger partial charge in [0.15, 0.2) is 0 Å². The lowest BCUT2D eigenvalue weighted by Crippen LogP contribution is -2.23. The van der Waals surface area contributed by atoms with Crippen LogP contribution in [0.5, 0.6) is 0 Å². The number of hydrogen-bond donors (Lipinski definition) is 2. The number of thiophene rings is 1. The maximum absolute atomic E-state index is 10.1. The SMILES string of the molecule is Cc1cc(C(O)C2(CN)CC2)cs1. The Labute approximate surface area is 82.4 Å². The van der Waals surface area contributed by atoms with Gasteiger partial charge in [-0.15, -0.1) is 11.3 Å². The van der Waals surface area contributed by atoms with Crippen molar-refractivity contribution in [2.24, 2.45) is 11.1 Å². The van der Waals surface area contributed by atoms with Crippen molar-refractivity contribution in [3.8, 4) is 0 Å². The lowest BCUT2D eigenvalue weighted by Gasteiger charge is -2.19. The van der Waals surface area contributed by atoms with Gasteiger partial charge in [0.25, 0.3) is 0 Å². The molecular formula is C10H15NOS. The van der Waals surface area contributed by atoms with Gasteiger partial charge in [-0.1, -0.05) is 0 Å². The molecule has 0 saturated heterocycles. The second kappa shape index (κ2) is 3.08. The van der Waals surface area contributed by atoms with Crippen molar-refractivity contribution in [3.63, 3.8) is 0 Å². The summed E-state index contributed by atoms with van der Waals surface area (Å²) in [4.78, 5) is 1.25. The summed E-state index contributed by atoms with van der Waals surface area (Å²) < 4.78 is 0. The normalized spacial score (nSPS) is 21.5. The Balaban J connectivity index is 2.17. The van der Waals surface area contributed by atoms with Crippen LogP contribution in [-0.2, 0) is 0 Å². The van der Waals surface area contributed by atoms with Crippen LogP contribution in [0.15, 0.2) is 11.4 Å². The molecule has 1 unspecified atom stereocenters. The molecule has 1 heterocycles. The first-order chi connectivity index (χ1) is 6.18. The van der Waals surface area contributed by atoms with Crippen LogP contribution in [0.2, 0.25) is 0 Å². The van der Waals surface area contributed by atoms with Crippen molar-refractivity contribution < 1.29 is 5.11 Å². The van der Waals surface area contributed by atoms with Crippen molar-refractivity contribution in [2.45, 2.75) is 25.9 Å². The minimum atomic E-state index is -0.345. The fourth-order valence-corrected chi connectivity index (χ4v) is 2.43. The van der Waals surface area contributed by atoms with E-state index in [1.165, 1.54) is 4.88 Å². The fourth-order valence-electron chi connectivity index (χ4n) is 1.71. The Morgan fingerprint density at radius 1 is 1.69 bits per heavy atom. The highest BCUT2D eigenvalue weighted by Crippen LogP contribution is 2.54. The standard InChI is InChI=1S/C10H15NOS/c1-7-4-8(5-13-7)9(12)10(6-11)2-3-10/h4-5,9,12H,2-3,6,11H2,1H3. The van der Waals surface area contributed by atoms with Gasteiger partial charge in [0.1, 0.15) is 0 Å². The minimum Gasteiger partial charge on any atom is -0.388 e. The summed E-state index contributed by atoms with van der Waals surface area (Å²) in [5, 5.41) is 12.1. The average Bonchev–Trinajstić information content (AvgIpc) is 2.82. The highest BCUT2D eigenvalue weighted by Gasteiger charge is 2.48. The van der Waals surface area contributed by atoms with Crippen LogP contribution in [0.3, 0.4) is 0 Å². The molecule has 0 spiro atoms. The molecular weight excluding hydrogens is 182 g/mol. The molecule has 3 heteroatoms. The van der Waals surface area contributed by atoms with Crippen LogP contribution < -0.4 is 5.73 Å². The van der Waals surface area contributed by atoms with E-state index in [9.17, 15) is 5.11 Å². The topological polar surface area (TPSA) is 46.2 Å². The molecule has 2 nitrogen and oxygen atoms in total. The first kappa shape index (κ1) is 9.19. The highest BCUT2D eigenvalue weighted by molar-refractivity contribution is 7.10. The van der Waals surface area contributed by atoms with Gasteiger partial charge >= 0.3 is 0 Å². The number of aliphatic hydroxyl groups is 1. The molecule has 0 aliphatic heterocycles. The monoisotopic (exact) mass is 197 g/mol. The summed E-state index contributed by atoms with van der Waals surface area (Å²) in [6.07, 6.45) is 1.79. The van der Waals surface area contributed by atoms with Crippen molar-refractivity contribution in [1.82, 2.24) is 0 Å². The van der Waals surface area contributed by atoms with Crippen LogP contribution in [0.25, 0.3) is 0 Å². The molecule has 2 rings (SSSR count). The molecule has 1 aromatic rings. The quantitative estimate of drug-likeness (QED) is 0.776. The number of aryl methyl sites for hydroxylation is 1. The van der Waals surface area contributed by atoms with Gasteiger partial charge in [-0.2, -0.15) is 0 Å². The molecule has 72 valence electrons. The third kappa shape index (κ3) is 1.52. The number of nitrogens with two attached hydrogens (primary N) is 1. The van der Waals surface area contributed by atoms with E-state index >= 15 is 0 Å². The van der Waals surface area contributed by atoms with E-state index < -0.39 is 0 Å². The lowest BCUT2D eigenvalue weighted by atomic mass is 9.95. The predicted octanol–water partition coefficient (Wildman–Crippen LogP) is 1.83. The Morgan fingerprint density at radius 3 is 2.77 bits per heavy atom. The van der Waals surface area contributed by atoms with Crippen LogP contribution >= 0.6 is 11.3 Å². The van der Waals surface area contributed by atoms with E-state index in [2.05, 4.69) is 13.0 Å². The molecule has 0 aromatic carbocycles. The van der Waals surface area contributed by atoms with E-state index in [0.717, 1.165) is 18.4 Å². The summed E-state index contributed by atoms with van der Waals surface area (Å²) in [6.45, 7) is 2.66. The minimum absolute atomic E-state index is 0.00745. The van der Waals surface area contributed by atoms with Crippen molar-refractivity contribution in [3.05, 3.63) is 21.9 Å². The second-order valence-electron chi connectivity index (χ2n) is 3.96. The molecule has 0 amide bonds. The largest absolute Gasteiger partial charge is 0.388 e. The summed E-state index contributed by atoms with van der Waals surface area (Å²) in [7, 11) is 0. The van der Waals surface area contributed by atoms with Crippen molar-refractivity contribution in [2.75, 3.05) is 6.54 Å². The van der Waals surface area contributed by atoms with Gasteiger partial charge in [0, 0.05) is 16.8 Å². The second-order valence-corrected chi connectivity index (χ2v) is 5.08. The van der Waals surface area contributed by atoms with Crippen LogP contribution in [0.1, 0.15) is 29.4 Å². The lowest BCUT2D eigenvalue weighted by molar-refractivity contribution is 0.0979. The molecule has 1 aliphatic rings. The van der Waals surface area contributed by atoms with Gasteiger partial charge in [-0.3, -0.25) is 0 Å². The van der Waals surface area contributed by atoms with E-state index in [4.69, 9.17) is 5.73 Å². The molecule has 1 saturated carbocycles. The van der Waals surface area contributed by atoms with Gasteiger partial charge in [0.05, 0.1) is 6.10 Å². The molecule has 0 bridgehead atoms. The van der Waals surface area contributed by atoms with Gasteiger partial charge < -0.3 is 10.8 Å². The van der Waals surface area contributed by atoms with E-state index in [1.54, 1.807) is 11.3 Å². The van der Waals surface area contributed by atoms with Crippen molar-refractivity contribution in [1.29, 1.82) is 0 Å². The molecule has 1 atom stereocenters. The smallest absolute Gasteiger partial charge is 0.0866 e. The Hall–Kier alpha value is -0.380. The summed E-state index contributed by atoms with van der Waals surface area (Å²) in [6, 6.07) is 2.06. The predicted molar refractivity (Wildman–Crippen MR) is 54.7 cm³/mol. The fraction of sp³-hybridized carbons (Fsp3) is 0.600. The maximum Gasteiger partial charge on any atom is 0.0866 e. The van der Waals surface area contributed by atoms with E-state index in [0.29, 0.717) is 6.54 Å². The zero-order valence-electron chi connectivity index (χ0n) is 7.79. The van der Waals surface area contributed by atoms with Gasteiger partial charge in [-0.05, 0) is 36.8 Å². The zero-order valence-corrected chi connectivity index (χ0v) is 8.60. The molecule has 0 radical (unpaired) electrons. The number of aliphatic hydroxyl groups excluding tert-OH is 1. The maximum atomic E-state index is 10.1. The summed E-state index contributed by atoms with van der Waals surface area (Å²) in [5.74, 6) is 0. The first-order valence-corrected chi connectivity index (χ1v) is 5.49. The Bertz CT molecular complexity index is 304. The van der Waals surface area contributed by atoms with Crippen LogP contribution in [0, 0.1) is 12.3 Å². The van der Waals surface area contributed by atoms with Gasteiger partial charge in [-0.25, -0.2) is 0 Å². The Kier molecular flexibility index (Phi) is 2.18. The third-order valence-electron chi connectivity index (χ3n) is 2.95. The van der Waals surface area contributed by atoms with Crippen molar-refractivity contribution >= 4 is 11.3 Å². The molecule has 3 N–H and O–H groups in total. The highest BCUT2D eigenvalue weighted by atomic mass is 32.1. The average molecular weight is 197 g/mol. The van der Waals surface area contributed by atoms with Crippen LogP contribution in [-0.4, -0.2) is 11.7 Å². The molecule has 1 fully saturated rings. The number of rotatable bonds is 3.